The Bertz CT molecular complexity index is 1470. The summed E-state index contributed by atoms with van der Waals surface area (Å²) in [6.45, 7) is 2.00. The lowest BCUT2D eigenvalue weighted by atomic mass is 9.99. The Kier molecular flexibility index (Phi) is 4.10. The van der Waals surface area contributed by atoms with Crippen LogP contribution >= 0.6 is 15.9 Å². The first kappa shape index (κ1) is 19.0. The average Bonchev–Trinajstić information content (AvgIpc) is 3.31. The van der Waals surface area contributed by atoms with Crippen LogP contribution in [0.25, 0.3) is 21.9 Å². The smallest absolute Gasteiger partial charge is 0.344 e. The molecular weight excluding hydrogens is 468 g/mol. The highest BCUT2D eigenvalue weighted by Gasteiger charge is 2.30. The summed E-state index contributed by atoms with van der Waals surface area (Å²) in [5.41, 5.74) is 3.80. The van der Waals surface area contributed by atoms with Gasteiger partial charge in [0.15, 0.2) is 0 Å². The maximum Gasteiger partial charge on any atom is 0.344 e. The minimum Gasteiger partial charge on any atom is -0.422 e. The van der Waals surface area contributed by atoms with Gasteiger partial charge in [-0.05, 0) is 54.4 Å². The highest BCUT2D eigenvalue weighted by Crippen LogP contribution is 2.35. The van der Waals surface area contributed by atoms with E-state index in [-0.39, 0.29) is 11.9 Å². The quantitative estimate of drug-likeness (QED) is 0.318. The summed E-state index contributed by atoms with van der Waals surface area (Å²) in [7, 11) is 0. The normalized spacial score (nSPS) is 14.4. The predicted molar refractivity (Wildman–Crippen MR) is 125 cm³/mol. The van der Waals surface area contributed by atoms with E-state index in [9.17, 15) is 9.59 Å². The molecule has 4 aromatic rings. The van der Waals surface area contributed by atoms with E-state index in [1.165, 1.54) is 0 Å². The number of carbonyl (C=O) groups is 2. The Morgan fingerprint density at radius 1 is 0.594 bits per heavy atom. The summed E-state index contributed by atoms with van der Waals surface area (Å²) in [5.74, 6) is 0.224. The van der Waals surface area contributed by atoms with Crippen molar-refractivity contribution in [3.63, 3.8) is 0 Å². The molecule has 4 aromatic carbocycles. The molecule has 5 heteroatoms. The van der Waals surface area contributed by atoms with E-state index in [4.69, 9.17) is 9.47 Å². The number of aryl methyl sites for hydroxylation is 1. The van der Waals surface area contributed by atoms with Crippen LogP contribution in [0.4, 0.5) is 0 Å². The number of esters is 2. The third-order valence-corrected chi connectivity index (χ3v) is 6.44. The van der Waals surface area contributed by atoms with Gasteiger partial charge in [0.05, 0.1) is 11.1 Å². The molecule has 0 saturated carbocycles. The molecule has 0 aliphatic carbocycles. The topological polar surface area (TPSA) is 52.6 Å². The summed E-state index contributed by atoms with van der Waals surface area (Å²) in [4.78, 5) is 25.5. The Hall–Kier alpha value is -3.70. The van der Waals surface area contributed by atoms with E-state index >= 15 is 0 Å². The van der Waals surface area contributed by atoms with Crippen molar-refractivity contribution in [2.24, 2.45) is 0 Å². The van der Waals surface area contributed by atoms with Gasteiger partial charge in [0, 0.05) is 25.7 Å². The Morgan fingerprint density at radius 2 is 1.03 bits per heavy atom. The fourth-order valence-corrected chi connectivity index (χ4v) is 4.62. The van der Waals surface area contributed by atoms with Crippen molar-refractivity contribution in [2.75, 3.05) is 0 Å². The van der Waals surface area contributed by atoms with E-state index in [1.807, 2.05) is 79.7 Å². The highest BCUT2D eigenvalue weighted by molar-refractivity contribution is 9.10. The highest BCUT2D eigenvalue weighted by atomic mass is 79.9. The SMILES string of the molecule is Cc1ccc(C2=c3ccc4c5c(ccc4c3OC2=O)=C(c2ccc(Br)cc2)C(=O)O5)cc1. The molecule has 0 bridgehead atoms. The number of halogens is 1. The Balaban J connectivity index is 1.61. The first-order valence-corrected chi connectivity index (χ1v) is 10.9. The summed E-state index contributed by atoms with van der Waals surface area (Å²) in [6.07, 6.45) is 0. The van der Waals surface area contributed by atoms with Crippen molar-refractivity contribution in [2.45, 2.75) is 6.92 Å². The number of fused-ring (bicyclic) bond motifs is 5. The zero-order valence-corrected chi connectivity index (χ0v) is 18.5. The number of hydrogen-bond acceptors (Lipinski definition) is 4. The average molecular weight is 483 g/mol. The number of carbonyl (C=O) groups excluding carboxylic acids is 2. The van der Waals surface area contributed by atoms with Crippen LogP contribution in [0, 0.1) is 6.92 Å². The van der Waals surface area contributed by atoms with Gasteiger partial charge in [0.25, 0.3) is 0 Å². The molecule has 0 N–H and O–H groups in total. The monoisotopic (exact) mass is 482 g/mol. The van der Waals surface area contributed by atoms with Crippen LogP contribution in [0.3, 0.4) is 0 Å². The summed E-state index contributed by atoms with van der Waals surface area (Å²) in [5, 5.41) is 2.95. The maximum atomic E-state index is 12.8. The van der Waals surface area contributed by atoms with Crippen molar-refractivity contribution >= 4 is 49.8 Å². The molecule has 2 aliphatic rings. The van der Waals surface area contributed by atoms with Gasteiger partial charge >= 0.3 is 11.9 Å². The molecule has 0 aromatic heterocycles. The number of hydrogen-bond donors (Lipinski definition) is 0. The molecule has 2 heterocycles. The van der Waals surface area contributed by atoms with Gasteiger partial charge in [0.2, 0.25) is 0 Å². The first-order valence-electron chi connectivity index (χ1n) is 10.1. The van der Waals surface area contributed by atoms with Crippen LogP contribution in [0.5, 0.6) is 11.5 Å². The molecule has 0 radical (unpaired) electrons. The summed E-state index contributed by atoms with van der Waals surface area (Å²) >= 11 is 3.42. The largest absolute Gasteiger partial charge is 0.422 e. The van der Waals surface area contributed by atoms with Crippen LogP contribution in [0.15, 0.2) is 77.3 Å². The molecule has 0 atom stereocenters. The third-order valence-electron chi connectivity index (χ3n) is 5.91. The number of rotatable bonds is 2. The fraction of sp³-hybridized carbons (Fsp3) is 0.0370. The second-order valence-electron chi connectivity index (χ2n) is 7.88. The molecule has 6 rings (SSSR count). The summed E-state index contributed by atoms with van der Waals surface area (Å²) < 4.78 is 12.3. The van der Waals surface area contributed by atoms with Gasteiger partial charge in [-0.2, -0.15) is 0 Å². The molecule has 0 saturated heterocycles. The zero-order chi connectivity index (χ0) is 22.0. The number of benzene rings is 4. The lowest BCUT2D eigenvalue weighted by molar-refractivity contribution is -0.128. The van der Waals surface area contributed by atoms with Crippen LogP contribution in [0.2, 0.25) is 0 Å². The van der Waals surface area contributed by atoms with Crippen LogP contribution in [-0.2, 0) is 9.59 Å². The zero-order valence-electron chi connectivity index (χ0n) is 16.9. The van der Waals surface area contributed by atoms with Gasteiger partial charge in [-0.1, -0.05) is 57.9 Å². The van der Waals surface area contributed by atoms with Gasteiger partial charge in [-0.3, -0.25) is 0 Å². The molecule has 2 aliphatic heterocycles. The van der Waals surface area contributed by atoms with Gasteiger partial charge in [0.1, 0.15) is 11.5 Å². The van der Waals surface area contributed by atoms with Crippen molar-refractivity contribution < 1.29 is 19.1 Å². The van der Waals surface area contributed by atoms with Crippen LogP contribution < -0.4 is 19.9 Å². The minimum absolute atomic E-state index is 0.379. The fourth-order valence-electron chi connectivity index (χ4n) is 4.35. The summed E-state index contributed by atoms with van der Waals surface area (Å²) in [6, 6.07) is 22.8. The van der Waals surface area contributed by atoms with Crippen molar-refractivity contribution in [3.8, 4) is 11.5 Å². The maximum absolute atomic E-state index is 12.8. The van der Waals surface area contributed by atoms with Crippen LogP contribution in [0.1, 0.15) is 16.7 Å². The number of ether oxygens (including phenoxy) is 2. The third kappa shape index (κ3) is 2.75. The predicted octanol–water partition coefficient (Wildman–Crippen LogP) is 4.15. The first-order chi connectivity index (χ1) is 15.5. The Labute approximate surface area is 191 Å². The Morgan fingerprint density at radius 3 is 1.50 bits per heavy atom. The van der Waals surface area contributed by atoms with Crippen molar-refractivity contribution in [1.82, 2.24) is 0 Å². The van der Waals surface area contributed by atoms with E-state index in [1.54, 1.807) is 0 Å². The molecule has 4 nitrogen and oxygen atoms in total. The molecule has 0 unspecified atom stereocenters. The standard InChI is InChI=1S/C27H15BrO4/c1-14-2-4-15(5-3-14)22-20-12-10-19-18(24(20)31-26(22)29)11-13-21-23(27(30)32-25(19)21)16-6-8-17(28)9-7-16/h2-13H,1H3. The van der Waals surface area contributed by atoms with Gasteiger partial charge in [-0.25, -0.2) is 9.59 Å². The van der Waals surface area contributed by atoms with Gasteiger partial charge in [-0.15, -0.1) is 0 Å². The van der Waals surface area contributed by atoms with E-state index in [0.29, 0.717) is 22.6 Å². The molecule has 32 heavy (non-hydrogen) atoms. The molecule has 0 spiro atoms. The van der Waals surface area contributed by atoms with E-state index in [0.717, 1.165) is 42.4 Å². The second-order valence-corrected chi connectivity index (χ2v) is 8.80. The van der Waals surface area contributed by atoms with Gasteiger partial charge < -0.3 is 9.47 Å². The second kappa shape index (κ2) is 6.90. The molecule has 154 valence electrons. The molecular formula is C27H15BrO4. The lowest BCUT2D eigenvalue weighted by Gasteiger charge is -2.05. The lowest BCUT2D eigenvalue weighted by Crippen LogP contribution is -2.07. The van der Waals surface area contributed by atoms with E-state index < -0.39 is 0 Å². The van der Waals surface area contributed by atoms with Crippen molar-refractivity contribution in [3.05, 3.63) is 104 Å². The molecule has 0 fully saturated rings. The van der Waals surface area contributed by atoms with E-state index in [2.05, 4.69) is 15.9 Å². The van der Waals surface area contributed by atoms with Crippen molar-refractivity contribution in [1.29, 1.82) is 0 Å². The van der Waals surface area contributed by atoms with Crippen LogP contribution in [-0.4, -0.2) is 11.9 Å². The molecule has 0 amide bonds. The minimum atomic E-state index is -0.390.